The molecule has 3 rings (SSSR count). The molecule has 120 valence electrons. The minimum atomic E-state index is -0.330. The van der Waals surface area contributed by atoms with Crippen molar-refractivity contribution in [2.45, 2.75) is 13.8 Å². The number of amides is 1. The van der Waals surface area contributed by atoms with E-state index in [0.29, 0.717) is 17.1 Å². The molecule has 0 fully saturated rings. The lowest BCUT2D eigenvalue weighted by Gasteiger charge is -2.05. The maximum absolute atomic E-state index is 12.4. The van der Waals surface area contributed by atoms with Crippen LogP contribution in [0.3, 0.4) is 0 Å². The molecule has 3 aromatic rings. The normalized spacial score (nSPS) is 12.1. The third kappa shape index (κ3) is 2.79. The van der Waals surface area contributed by atoms with Gasteiger partial charge in [0.1, 0.15) is 11.3 Å². The molecule has 0 aliphatic carbocycles. The van der Waals surface area contributed by atoms with Crippen molar-refractivity contribution in [3.05, 3.63) is 40.5 Å². The maximum atomic E-state index is 12.4. The largest absolute Gasteiger partial charge is 0.492 e. The first-order valence-electron chi connectivity index (χ1n) is 7.32. The van der Waals surface area contributed by atoms with Crippen molar-refractivity contribution in [1.29, 1.82) is 0 Å². The first-order valence-corrected chi connectivity index (χ1v) is 8.13. The Bertz CT molecular complexity index is 949. The Morgan fingerprint density at radius 2 is 2.17 bits per heavy atom. The number of hydrogen-bond donors (Lipinski definition) is 0. The number of aryl methyl sites for hydroxylation is 3. The number of rotatable bonds is 3. The standard InChI is InChI=1S/C16H18N4O2S/c1-5-22-11-7-6-8-12-14(11)20(4)16(23-12)17-15(21)13-10(2)9-19(3)18-13/h6-9H,5H2,1-4H3. The van der Waals surface area contributed by atoms with Crippen LogP contribution in [0.1, 0.15) is 23.0 Å². The van der Waals surface area contributed by atoms with Crippen LogP contribution < -0.4 is 9.54 Å². The minimum Gasteiger partial charge on any atom is -0.492 e. The van der Waals surface area contributed by atoms with E-state index >= 15 is 0 Å². The molecule has 6 nitrogen and oxygen atoms in total. The van der Waals surface area contributed by atoms with Crippen LogP contribution in [0.25, 0.3) is 10.2 Å². The second kappa shape index (κ2) is 6.00. The van der Waals surface area contributed by atoms with Crippen LogP contribution in [0.4, 0.5) is 0 Å². The summed E-state index contributed by atoms with van der Waals surface area (Å²) in [4.78, 5) is 17.3. The van der Waals surface area contributed by atoms with E-state index in [2.05, 4.69) is 10.1 Å². The Kier molecular flexibility index (Phi) is 4.04. The van der Waals surface area contributed by atoms with Crippen molar-refractivity contribution in [2.24, 2.45) is 19.1 Å². The third-order valence-corrected chi connectivity index (χ3v) is 4.59. The predicted molar refractivity (Wildman–Crippen MR) is 89.8 cm³/mol. The number of aromatic nitrogens is 3. The highest BCUT2D eigenvalue weighted by Crippen LogP contribution is 2.26. The van der Waals surface area contributed by atoms with Gasteiger partial charge >= 0.3 is 0 Å². The SMILES string of the molecule is CCOc1cccc2sc(=NC(=O)c3nn(C)cc3C)n(C)c12. The summed E-state index contributed by atoms with van der Waals surface area (Å²) in [7, 11) is 3.68. The molecule has 0 bridgehead atoms. The molecule has 1 amide bonds. The zero-order valence-corrected chi connectivity index (χ0v) is 14.3. The van der Waals surface area contributed by atoms with Gasteiger partial charge in [0.15, 0.2) is 10.5 Å². The molecule has 0 atom stereocenters. The molecule has 0 aliphatic heterocycles. The lowest BCUT2D eigenvalue weighted by Crippen LogP contribution is -2.14. The Morgan fingerprint density at radius 1 is 1.39 bits per heavy atom. The summed E-state index contributed by atoms with van der Waals surface area (Å²) < 4.78 is 10.2. The summed E-state index contributed by atoms with van der Waals surface area (Å²) in [6.45, 7) is 4.39. The summed E-state index contributed by atoms with van der Waals surface area (Å²) in [6.07, 6.45) is 1.81. The number of para-hydroxylation sites is 1. The third-order valence-electron chi connectivity index (χ3n) is 3.50. The average molecular weight is 330 g/mol. The summed E-state index contributed by atoms with van der Waals surface area (Å²) >= 11 is 1.46. The van der Waals surface area contributed by atoms with Gasteiger partial charge in [-0.3, -0.25) is 9.48 Å². The number of fused-ring (bicyclic) bond motifs is 1. The van der Waals surface area contributed by atoms with Crippen LogP contribution in [0, 0.1) is 6.92 Å². The Balaban J connectivity index is 2.13. The van der Waals surface area contributed by atoms with Crippen molar-refractivity contribution < 1.29 is 9.53 Å². The molecule has 0 radical (unpaired) electrons. The molecule has 2 aromatic heterocycles. The molecule has 0 spiro atoms. The quantitative estimate of drug-likeness (QED) is 0.741. The smallest absolute Gasteiger partial charge is 0.300 e. The van der Waals surface area contributed by atoms with Gasteiger partial charge in [-0.25, -0.2) is 0 Å². The highest BCUT2D eigenvalue weighted by molar-refractivity contribution is 7.16. The van der Waals surface area contributed by atoms with Gasteiger partial charge in [-0.05, 0) is 26.0 Å². The average Bonchev–Trinajstić information content (AvgIpc) is 3.00. The topological polar surface area (TPSA) is 61.4 Å². The molecule has 0 aliphatic rings. The molecule has 0 saturated carbocycles. The minimum absolute atomic E-state index is 0.330. The van der Waals surface area contributed by atoms with Crippen LogP contribution in [-0.2, 0) is 14.1 Å². The van der Waals surface area contributed by atoms with Crippen LogP contribution in [0.5, 0.6) is 5.75 Å². The summed E-state index contributed by atoms with van der Waals surface area (Å²) in [5.74, 6) is 0.467. The second-order valence-corrected chi connectivity index (χ2v) is 6.24. The number of nitrogens with zero attached hydrogens (tertiary/aromatic N) is 4. The fraction of sp³-hybridized carbons (Fsp3) is 0.312. The van der Waals surface area contributed by atoms with Gasteiger partial charge in [-0.1, -0.05) is 17.4 Å². The Labute approximate surface area is 137 Å². The highest BCUT2D eigenvalue weighted by atomic mass is 32.1. The molecule has 7 heteroatoms. The first kappa shape index (κ1) is 15.5. The number of benzene rings is 1. The number of ether oxygens (including phenoxy) is 1. The summed E-state index contributed by atoms with van der Waals surface area (Å²) in [5, 5.41) is 4.18. The monoisotopic (exact) mass is 330 g/mol. The molecular formula is C16H18N4O2S. The van der Waals surface area contributed by atoms with E-state index < -0.39 is 0 Å². The van der Waals surface area contributed by atoms with E-state index in [1.54, 1.807) is 17.9 Å². The van der Waals surface area contributed by atoms with E-state index in [1.165, 1.54) is 11.3 Å². The second-order valence-electron chi connectivity index (χ2n) is 5.23. The van der Waals surface area contributed by atoms with Crippen LogP contribution >= 0.6 is 11.3 Å². The van der Waals surface area contributed by atoms with Gasteiger partial charge in [-0.2, -0.15) is 10.1 Å². The zero-order valence-electron chi connectivity index (χ0n) is 13.5. The van der Waals surface area contributed by atoms with Gasteiger partial charge < -0.3 is 9.30 Å². The Hall–Kier alpha value is -2.41. The maximum Gasteiger partial charge on any atom is 0.300 e. The molecule has 23 heavy (non-hydrogen) atoms. The fourth-order valence-corrected chi connectivity index (χ4v) is 3.54. The number of carbonyl (C=O) groups is 1. The highest BCUT2D eigenvalue weighted by Gasteiger charge is 2.14. The van der Waals surface area contributed by atoms with E-state index in [4.69, 9.17) is 4.74 Å². The van der Waals surface area contributed by atoms with Crippen LogP contribution in [0.2, 0.25) is 0 Å². The Morgan fingerprint density at radius 3 is 2.83 bits per heavy atom. The van der Waals surface area contributed by atoms with Gasteiger partial charge in [0.25, 0.3) is 5.91 Å². The van der Waals surface area contributed by atoms with Gasteiger partial charge in [-0.15, -0.1) is 0 Å². The number of carbonyl (C=O) groups excluding carboxylic acids is 1. The molecule has 0 saturated heterocycles. The molecule has 2 heterocycles. The van der Waals surface area contributed by atoms with Crippen LogP contribution in [-0.4, -0.2) is 26.9 Å². The predicted octanol–water partition coefficient (Wildman–Crippen LogP) is 2.42. The summed E-state index contributed by atoms with van der Waals surface area (Å²) in [5.41, 5.74) is 2.15. The van der Waals surface area contributed by atoms with E-state index in [9.17, 15) is 4.79 Å². The molecule has 0 unspecified atom stereocenters. The van der Waals surface area contributed by atoms with Crippen molar-refractivity contribution >= 4 is 27.5 Å². The van der Waals surface area contributed by atoms with Crippen molar-refractivity contribution in [3.8, 4) is 5.75 Å². The zero-order chi connectivity index (χ0) is 16.6. The van der Waals surface area contributed by atoms with Crippen molar-refractivity contribution in [2.75, 3.05) is 6.61 Å². The fourth-order valence-electron chi connectivity index (χ4n) is 2.51. The van der Waals surface area contributed by atoms with Gasteiger partial charge in [0, 0.05) is 25.9 Å². The van der Waals surface area contributed by atoms with Crippen molar-refractivity contribution in [3.63, 3.8) is 0 Å². The van der Waals surface area contributed by atoms with Gasteiger partial charge in [0.05, 0.1) is 11.3 Å². The van der Waals surface area contributed by atoms with E-state index in [0.717, 1.165) is 21.5 Å². The lowest BCUT2D eigenvalue weighted by molar-refractivity contribution is 0.0992. The summed E-state index contributed by atoms with van der Waals surface area (Å²) in [6, 6.07) is 5.86. The lowest BCUT2D eigenvalue weighted by atomic mass is 10.3. The number of thiazole rings is 1. The molecule has 0 N–H and O–H groups in total. The first-order chi connectivity index (χ1) is 11.0. The molecular weight excluding hydrogens is 312 g/mol. The number of hydrogen-bond acceptors (Lipinski definition) is 4. The van der Waals surface area contributed by atoms with E-state index in [-0.39, 0.29) is 5.91 Å². The molecule has 1 aromatic carbocycles. The van der Waals surface area contributed by atoms with Crippen LogP contribution in [0.15, 0.2) is 29.4 Å². The van der Waals surface area contributed by atoms with E-state index in [1.807, 2.05) is 43.7 Å². The van der Waals surface area contributed by atoms with Gasteiger partial charge in [0.2, 0.25) is 0 Å². The van der Waals surface area contributed by atoms with Crippen molar-refractivity contribution in [1.82, 2.24) is 14.3 Å².